The smallest absolute Gasteiger partial charge is 0.164 e. The van der Waals surface area contributed by atoms with E-state index in [2.05, 4.69) is 0 Å². The molecule has 2 bridgehead atoms. The second-order valence-electron chi connectivity index (χ2n) is 2.97. The summed E-state index contributed by atoms with van der Waals surface area (Å²) in [6.45, 7) is 2.44. The molecule has 0 spiro atoms. The van der Waals surface area contributed by atoms with Gasteiger partial charge < -0.3 is 9.47 Å². The summed E-state index contributed by atoms with van der Waals surface area (Å²) >= 11 is 0. The summed E-state index contributed by atoms with van der Waals surface area (Å²) in [5.74, 6) is 0.438. The number of carbonyl (C=O) groups is 1. The summed E-state index contributed by atoms with van der Waals surface area (Å²) in [6, 6.07) is 0. The molecule has 10 heavy (non-hydrogen) atoms. The Kier molecular flexibility index (Phi) is 1.28. The summed E-state index contributed by atoms with van der Waals surface area (Å²) < 4.78 is 10.5. The number of Topliss-reactive ketones (excluding diaryl/α,β-unsaturated/α-hetero) is 1. The van der Waals surface area contributed by atoms with Crippen LogP contribution >= 0.6 is 0 Å². The highest BCUT2D eigenvalue weighted by Crippen LogP contribution is 2.28. The molecule has 0 amide bonds. The lowest BCUT2D eigenvalue weighted by molar-refractivity contribution is -0.150. The molecule has 3 nitrogen and oxygen atoms in total. The summed E-state index contributed by atoms with van der Waals surface area (Å²) in [5.41, 5.74) is 0. The summed E-state index contributed by atoms with van der Waals surface area (Å²) in [5, 5.41) is 0. The van der Waals surface area contributed by atoms with Crippen LogP contribution in [-0.4, -0.2) is 24.8 Å². The molecule has 0 unspecified atom stereocenters. The highest BCUT2D eigenvalue weighted by Gasteiger charge is 2.40. The molecule has 0 radical (unpaired) electrons. The Morgan fingerprint density at radius 1 is 1.60 bits per heavy atom. The predicted molar refractivity (Wildman–Crippen MR) is 33.4 cm³/mol. The van der Waals surface area contributed by atoms with E-state index in [0.29, 0.717) is 13.0 Å². The Bertz CT molecular complexity index is 166. The van der Waals surface area contributed by atoms with E-state index in [1.54, 1.807) is 0 Å². The van der Waals surface area contributed by atoms with Gasteiger partial charge in [0.15, 0.2) is 12.1 Å². The third kappa shape index (κ3) is 0.777. The van der Waals surface area contributed by atoms with Crippen LogP contribution in [0.25, 0.3) is 0 Å². The van der Waals surface area contributed by atoms with Gasteiger partial charge in [-0.25, -0.2) is 0 Å². The van der Waals surface area contributed by atoms with Crippen molar-refractivity contribution in [2.45, 2.75) is 25.7 Å². The van der Waals surface area contributed by atoms with Gasteiger partial charge >= 0.3 is 0 Å². The van der Waals surface area contributed by atoms with Crippen molar-refractivity contribution in [3.63, 3.8) is 0 Å². The molecular formula is C7H10O3. The van der Waals surface area contributed by atoms with Crippen molar-refractivity contribution in [1.29, 1.82) is 0 Å². The van der Waals surface area contributed by atoms with Crippen molar-refractivity contribution >= 4 is 5.78 Å². The summed E-state index contributed by atoms with van der Waals surface area (Å²) in [7, 11) is 0. The normalized spacial score (nSPS) is 46.1. The molecular weight excluding hydrogens is 132 g/mol. The van der Waals surface area contributed by atoms with Crippen LogP contribution in [0.4, 0.5) is 0 Å². The molecule has 2 saturated heterocycles. The lowest BCUT2D eigenvalue weighted by Crippen LogP contribution is -2.33. The van der Waals surface area contributed by atoms with Gasteiger partial charge in [-0.15, -0.1) is 0 Å². The fourth-order valence-corrected chi connectivity index (χ4v) is 1.43. The number of hydrogen-bond donors (Lipinski definition) is 0. The summed E-state index contributed by atoms with van der Waals surface area (Å²) in [4.78, 5) is 11.1. The van der Waals surface area contributed by atoms with Gasteiger partial charge in [-0.1, -0.05) is 6.92 Å². The van der Waals surface area contributed by atoms with Gasteiger partial charge in [0.05, 0.1) is 6.61 Å². The maximum Gasteiger partial charge on any atom is 0.164 e. The van der Waals surface area contributed by atoms with Crippen LogP contribution in [0.2, 0.25) is 0 Å². The average Bonchev–Trinajstić information content (AvgIpc) is 2.28. The van der Waals surface area contributed by atoms with Crippen molar-refractivity contribution in [2.24, 2.45) is 5.92 Å². The summed E-state index contributed by atoms with van der Waals surface area (Å²) in [6.07, 6.45) is 0.263. The second kappa shape index (κ2) is 2.04. The predicted octanol–water partition coefficient (Wildman–Crippen LogP) is 0.337. The van der Waals surface area contributed by atoms with Crippen molar-refractivity contribution in [1.82, 2.24) is 0 Å². The first-order chi connectivity index (χ1) is 4.77. The van der Waals surface area contributed by atoms with Gasteiger partial charge in [0.25, 0.3) is 0 Å². The highest BCUT2D eigenvalue weighted by molar-refractivity contribution is 5.84. The van der Waals surface area contributed by atoms with Gasteiger partial charge in [0.2, 0.25) is 0 Å². The van der Waals surface area contributed by atoms with Crippen molar-refractivity contribution in [3.05, 3.63) is 0 Å². The second-order valence-corrected chi connectivity index (χ2v) is 2.97. The van der Waals surface area contributed by atoms with Crippen LogP contribution in [0.1, 0.15) is 13.3 Å². The zero-order chi connectivity index (χ0) is 7.14. The SMILES string of the molecule is C[C@H]1CC(=O)[C@H]2CO[C@@H]1O2. The molecule has 0 aliphatic carbocycles. The molecule has 3 heteroatoms. The molecule has 2 aliphatic heterocycles. The Labute approximate surface area is 59.3 Å². The fraction of sp³-hybridized carbons (Fsp3) is 0.857. The van der Waals surface area contributed by atoms with E-state index in [1.807, 2.05) is 6.92 Å². The number of hydrogen-bond acceptors (Lipinski definition) is 3. The van der Waals surface area contributed by atoms with E-state index in [9.17, 15) is 4.79 Å². The van der Waals surface area contributed by atoms with E-state index < -0.39 is 0 Å². The van der Waals surface area contributed by atoms with Crippen LogP contribution < -0.4 is 0 Å². The standard InChI is InChI=1S/C7H10O3/c1-4-2-5(8)6-3-9-7(4)10-6/h4,6-7H,2-3H2,1H3/t4-,6+,7+/m0/s1. The maximum absolute atomic E-state index is 11.1. The molecule has 0 aromatic rings. The molecule has 0 N–H and O–H groups in total. The molecule has 56 valence electrons. The Morgan fingerprint density at radius 2 is 2.40 bits per heavy atom. The molecule has 2 rings (SSSR count). The van der Waals surface area contributed by atoms with E-state index >= 15 is 0 Å². The highest BCUT2D eigenvalue weighted by atomic mass is 16.7. The van der Waals surface area contributed by atoms with Crippen LogP contribution in [0.5, 0.6) is 0 Å². The number of carbonyl (C=O) groups excluding carboxylic acids is 1. The minimum absolute atomic E-state index is 0.109. The van der Waals surface area contributed by atoms with Gasteiger partial charge in [0, 0.05) is 12.3 Å². The van der Waals surface area contributed by atoms with E-state index in [0.717, 1.165) is 0 Å². The van der Waals surface area contributed by atoms with Crippen LogP contribution in [0, 0.1) is 5.92 Å². The van der Waals surface area contributed by atoms with Crippen molar-refractivity contribution in [3.8, 4) is 0 Å². The Hall–Kier alpha value is -0.410. The topological polar surface area (TPSA) is 35.5 Å². The third-order valence-corrected chi connectivity index (χ3v) is 2.06. The van der Waals surface area contributed by atoms with Gasteiger partial charge in [0.1, 0.15) is 6.10 Å². The first-order valence-electron chi connectivity index (χ1n) is 3.57. The van der Waals surface area contributed by atoms with Gasteiger partial charge in [-0.3, -0.25) is 4.79 Å². The number of ether oxygens (including phenoxy) is 2. The van der Waals surface area contributed by atoms with E-state index in [4.69, 9.17) is 9.47 Å². The van der Waals surface area contributed by atoms with Crippen molar-refractivity contribution < 1.29 is 14.3 Å². The monoisotopic (exact) mass is 142 g/mol. The van der Waals surface area contributed by atoms with E-state index in [-0.39, 0.29) is 24.1 Å². The van der Waals surface area contributed by atoms with Gasteiger partial charge in [-0.05, 0) is 0 Å². The fourth-order valence-electron chi connectivity index (χ4n) is 1.43. The first kappa shape index (κ1) is 6.31. The molecule has 2 aliphatic rings. The lowest BCUT2D eigenvalue weighted by Gasteiger charge is -2.22. The number of fused-ring (bicyclic) bond motifs is 2. The molecule has 0 aromatic carbocycles. The van der Waals surface area contributed by atoms with Crippen LogP contribution in [-0.2, 0) is 14.3 Å². The Balaban J connectivity index is 2.16. The van der Waals surface area contributed by atoms with Crippen LogP contribution in [0.3, 0.4) is 0 Å². The lowest BCUT2D eigenvalue weighted by atomic mass is 10.00. The maximum atomic E-state index is 11.1. The quantitative estimate of drug-likeness (QED) is 0.489. The van der Waals surface area contributed by atoms with Crippen molar-refractivity contribution in [2.75, 3.05) is 6.61 Å². The zero-order valence-corrected chi connectivity index (χ0v) is 5.87. The average molecular weight is 142 g/mol. The largest absolute Gasteiger partial charge is 0.349 e. The molecule has 0 saturated carbocycles. The minimum atomic E-state index is -0.249. The number of ketones is 1. The van der Waals surface area contributed by atoms with Gasteiger partial charge in [-0.2, -0.15) is 0 Å². The molecule has 2 fully saturated rings. The zero-order valence-electron chi connectivity index (χ0n) is 5.87. The molecule has 3 atom stereocenters. The minimum Gasteiger partial charge on any atom is -0.349 e. The third-order valence-electron chi connectivity index (χ3n) is 2.06. The molecule has 0 aromatic heterocycles. The van der Waals surface area contributed by atoms with E-state index in [1.165, 1.54) is 0 Å². The molecule has 2 heterocycles. The Morgan fingerprint density at radius 3 is 3.20 bits per heavy atom. The number of rotatable bonds is 0. The first-order valence-corrected chi connectivity index (χ1v) is 3.57. The van der Waals surface area contributed by atoms with Crippen LogP contribution in [0.15, 0.2) is 0 Å².